The van der Waals surface area contributed by atoms with Crippen LogP contribution in [0.2, 0.25) is 0 Å². The van der Waals surface area contributed by atoms with Gasteiger partial charge >= 0.3 is 6.16 Å². The molecule has 0 aromatic rings. The van der Waals surface area contributed by atoms with Crippen molar-refractivity contribution in [1.82, 2.24) is 0 Å². The van der Waals surface area contributed by atoms with Crippen LogP contribution in [0.25, 0.3) is 0 Å². The van der Waals surface area contributed by atoms with E-state index in [1.54, 1.807) is 0 Å². The molecule has 0 aliphatic rings. The van der Waals surface area contributed by atoms with Gasteiger partial charge in [-0.15, -0.1) is 0 Å². The van der Waals surface area contributed by atoms with Gasteiger partial charge in [-0.05, 0) is 12.8 Å². The molecule has 0 saturated heterocycles. The standard InChI is InChI=1S/C9H14O4/c1-3-9(12,4-2)6-5-7-13-8(10)11/h12H,3-4,7H2,1-2H3,(H,10,11). The van der Waals surface area contributed by atoms with Crippen LogP contribution in [0.5, 0.6) is 0 Å². The lowest BCUT2D eigenvalue weighted by molar-refractivity contribution is 0.0908. The Morgan fingerprint density at radius 2 is 2.00 bits per heavy atom. The molecule has 0 atom stereocenters. The number of carboxylic acid groups (broad SMARTS) is 1. The van der Waals surface area contributed by atoms with Crippen LogP contribution >= 0.6 is 0 Å². The third-order valence-electron chi connectivity index (χ3n) is 1.76. The molecule has 0 aromatic carbocycles. The van der Waals surface area contributed by atoms with Crippen molar-refractivity contribution in [2.24, 2.45) is 0 Å². The van der Waals surface area contributed by atoms with Crippen LogP contribution < -0.4 is 0 Å². The average molecular weight is 186 g/mol. The summed E-state index contributed by atoms with van der Waals surface area (Å²) < 4.78 is 4.16. The Morgan fingerprint density at radius 1 is 1.46 bits per heavy atom. The van der Waals surface area contributed by atoms with E-state index in [1.807, 2.05) is 13.8 Å². The molecule has 4 heteroatoms. The van der Waals surface area contributed by atoms with E-state index in [9.17, 15) is 9.90 Å². The Morgan fingerprint density at radius 3 is 2.38 bits per heavy atom. The molecule has 0 aliphatic carbocycles. The smallest absolute Gasteiger partial charge is 0.450 e. The first-order valence-corrected chi connectivity index (χ1v) is 4.12. The molecule has 2 N–H and O–H groups in total. The van der Waals surface area contributed by atoms with Crippen molar-refractivity contribution in [3.63, 3.8) is 0 Å². The van der Waals surface area contributed by atoms with Gasteiger partial charge in [0.2, 0.25) is 0 Å². The van der Waals surface area contributed by atoms with Crippen LogP contribution in [-0.4, -0.2) is 28.6 Å². The topological polar surface area (TPSA) is 66.8 Å². The first-order chi connectivity index (χ1) is 6.04. The summed E-state index contributed by atoms with van der Waals surface area (Å²) in [6.07, 6.45) is -0.321. The number of aliphatic hydroxyl groups is 1. The Balaban J connectivity index is 3.99. The predicted octanol–water partition coefficient (Wildman–Crippen LogP) is 1.24. The third-order valence-corrected chi connectivity index (χ3v) is 1.76. The highest BCUT2D eigenvalue weighted by Crippen LogP contribution is 2.12. The van der Waals surface area contributed by atoms with Gasteiger partial charge in [0.05, 0.1) is 0 Å². The Bertz CT molecular complexity index is 220. The highest BCUT2D eigenvalue weighted by Gasteiger charge is 2.17. The van der Waals surface area contributed by atoms with Gasteiger partial charge in [0.1, 0.15) is 5.60 Å². The van der Waals surface area contributed by atoms with E-state index in [2.05, 4.69) is 16.6 Å². The molecule has 0 amide bonds. The number of hydrogen-bond acceptors (Lipinski definition) is 3. The van der Waals surface area contributed by atoms with E-state index in [0.29, 0.717) is 12.8 Å². The minimum Gasteiger partial charge on any atom is -0.450 e. The lowest BCUT2D eigenvalue weighted by atomic mass is 9.99. The van der Waals surface area contributed by atoms with Crippen LogP contribution in [0.1, 0.15) is 26.7 Å². The summed E-state index contributed by atoms with van der Waals surface area (Å²) in [6.45, 7) is 3.43. The second-order valence-electron chi connectivity index (χ2n) is 2.60. The highest BCUT2D eigenvalue weighted by atomic mass is 16.7. The zero-order valence-corrected chi connectivity index (χ0v) is 7.83. The maximum absolute atomic E-state index is 9.91. The van der Waals surface area contributed by atoms with Crippen molar-refractivity contribution >= 4 is 6.16 Å². The van der Waals surface area contributed by atoms with Crippen LogP contribution in [0.15, 0.2) is 0 Å². The van der Waals surface area contributed by atoms with Crippen LogP contribution in [0, 0.1) is 11.8 Å². The fraction of sp³-hybridized carbons (Fsp3) is 0.667. The maximum Gasteiger partial charge on any atom is 0.506 e. The van der Waals surface area contributed by atoms with Crippen molar-refractivity contribution in [3.05, 3.63) is 0 Å². The fourth-order valence-corrected chi connectivity index (χ4v) is 0.725. The van der Waals surface area contributed by atoms with Crippen molar-refractivity contribution in [1.29, 1.82) is 0 Å². The number of carbonyl (C=O) groups is 1. The average Bonchev–Trinajstić information content (AvgIpc) is 2.12. The largest absolute Gasteiger partial charge is 0.506 e. The minimum absolute atomic E-state index is 0.197. The number of rotatable bonds is 3. The van der Waals surface area contributed by atoms with Gasteiger partial charge in [-0.2, -0.15) is 0 Å². The van der Waals surface area contributed by atoms with Crippen molar-refractivity contribution in [3.8, 4) is 11.8 Å². The summed E-state index contributed by atoms with van der Waals surface area (Å²) >= 11 is 0. The van der Waals surface area contributed by atoms with Crippen molar-refractivity contribution in [2.45, 2.75) is 32.3 Å². The van der Waals surface area contributed by atoms with Gasteiger partial charge in [-0.25, -0.2) is 4.79 Å². The summed E-state index contributed by atoms with van der Waals surface area (Å²) in [4.78, 5) is 9.91. The van der Waals surface area contributed by atoms with E-state index < -0.39 is 11.8 Å². The predicted molar refractivity (Wildman–Crippen MR) is 47.3 cm³/mol. The lowest BCUT2D eigenvalue weighted by Gasteiger charge is -2.16. The minimum atomic E-state index is -1.36. The number of hydrogen-bond donors (Lipinski definition) is 2. The second-order valence-corrected chi connectivity index (χ2v) is 2.60. The van der Waals surface area contributed by atoms with Gasteiger partial charge in [0.15, 0.2) is 6.61 Å². The van der Waals surface area contributed by atoms with Gasteiger partial charge in [-0.3, -0.25) is 0 Å². The van der Waals surface area contributed by atoms with Gasteiger partial charge < -0.3 is 14.9 Å². The lowest BCUT2D eigenvalue weighted by Crippen LogP contribution is -2.23. The molecule has 0 saturated carbocycles. The summed E-state index contributed by atoms with van der Waals surface area (Å²) in [5.41, 5.74) is -1.01. The molecular weight excluding hydrogens is 172 g/mol. The normalized spacial score (nSPS) is 10.1. The van der Waals surface area contributed by atoms with E-state index >= 15 is 0 Å². The summed E-state index contributed by atoms with van der Waals surface area (Å²) in [6, 6.07) is 0. The Kier molecular flexibility index (Phi) is 4.93. The second kappa shape index (κ2) is 5.44. The van der Waals surface area contributed by atoms with Gasteiger partial charge in [0.25, 0.3) is 0 Å². The molecule has 0 bridgehead atoms. The molecule has 0 heterocycles. The quantitative estimate of drug-likeness (QED) is 0.514. The Hall–Kier alpha value is -1.21. The zero-order valence-electron chi connectivity index (χ0n) is 7.83. The first kappa shape index (κ1) is 11.8. The monoisotopic (exact) mass is 186 g/mol. The molecule has 0 spiro atoms. The summed E-state index contributed by atoms with van der Waals surface area (Å²) in [5.74, 6) is 5.02. The summed E-state index contributed by atoms with van der Waals surface area (Å²) in [5, 5.41) is 17.7. The molecule has 0 radical (unpaired) electrons. The molecule has 74 valence electrons. The molecule has 13 heavy (non-hydrogen) atoms. The molecule has 0 unspecified atom stereocenters. The molecule has 0 aliphatic heterocycles. The van der Waals surface area contributed by atoms with Crippen LogP contribution in [-0.2, 0) is 4.74 Å². The van der Waals surface area contributed by atoms with Crippen molar-refractivity contribution < 1.29 is 19.7 Å². The van der Waals surface area contributed by atoms with E-state index in [0.717, 1.165) is 0 Å². The number of ether oxygens (including phenoxy) is 1. The third kappa shape index (κ3) is 5.10. The fourth-order valence-electron chi connectivity index (χ4n) is 0.725. The SMILES string of the molecule is CCC(O)(C#CCOC(=O)O)CC. The van der Waals surface area contributed by atoms with Gasteiger partial charge in [-0.1, -0.05) is 25.7 Å². The molecule has 0 aromatic heterocycles. The molecular formula is C9H14O4. The first-order valence-electron chi connectivity index (χ1n) is 4.12. The highest BCUT2D eigenvalue weighted by molar-refractivity contribution is 5.57. The van der Waals surface area contributed by atoms with E-state index in [-0.39, 0.29) is 6.61 Å². The molecule has 0 rings (SSSR count). The van der Waals surface area contributed by atoms with Crippen molar-refractivity contribution in [2.75, 3.05) is 6.61 Å². The summed E-state index contributed by atoms with van der Waals surface area (Å²) in [7, 11) is 0. The molecule has 0 fully saturated rings. The molecule has 4 nitrogen and oxygen atoms in total. The maximum atomic E-state index is 9.91. The van der Waals surface area contributed by atoms with Crippen LogP contribution in [0.3, 0.4) is 0 Å². The van der Waals surface area contributed by atoms with E-state index in [4.69, 9.17) is 5.11 Å². The van der Waals surface area contributed by atoms with Gasteiger partial charge in [0, 0.05) is 0 Å². The van der Waals surface area contributed by atoms with E-state index in [1.165, 1.54) is 0 Å². The zero-order chi connectivity index (χ0) is 10.3. The van der Waals surface area contributed by atoms with Crippen LogP contribution in [0.4, 0.5) is 4.79 Å². The Labute approximate surface area is 77.5 Å².